The molecule has 1 fully saturated rings. The van der Waals surface area contributed by atoms with E-state index >= 15 is 0 Å². The lowest BCUT2D eigenvalue weighted by molar-refractivity contribution is 0.121. The molecule has 0 unspecified atom stereocenters. The fraction of sp³-hybridized carbons (Fsp3) is 0.389. The lowest BCUT2D eigenvalue weighted by Gasteiger charge is -2.29. The molecule has 0 spiro atoms. The van der Waals surface area contributed by atoms with Crippen LogP contribution in [0.1, 0.15) is 12.0 Å². The van der Waals surface area contributed by atoms with E-state index in [2.05, 4.69) is 31.1 Å². The van der Waals surface area contributed by atoms with Gasteiger partial charge in [0.15, 0.2) is 11.5 Å². The molecule has 0 bridgehead atoms. The Balaban J connectivity index is 1.77. The van der Waals surface area contributed by atoms with Gasteiger partial charge in [0.2, 0.25) is 5.95 Å². The number of nitrogens with one attached hydrogen (secondary N) is 1. The van der Waals surface area contributed by atoms with Crippen LogP contribution in [0.15, 0.2) is 38.5 Å². The summed E-state index contributed by atoms with van der Waals surface area (Å²) in [5.41, 5.74) is 2.14. The maximum Gasteiger partial charge on any atom is 0.282 e. The molecule has 7 nitrogen and oxygen atoms in total. The Kier molecular flexibility index (Phi) is 4.78. The molecule has 1 aromatic carbocycles. The zero-order chi connectivity index (χ0) is 18.1. The molecule has 1 aromatic heterocycles. The molecular weight excluding hydrogens is 398 g/mol. The Morgan fingerprint density at radius 3 is 2.65 bits per heavy atom. The third-order valence-corrected chi connectivity index (χ3v) is 5.14. The van der Waals surface area contributed by atoms with Crippen molar-refractivity contribution in [3.8, 4) is 0 Å². The summed E-state index contributed by atoms with van der Waals surface area (Å²) in [5.74, 6) is 1.22. The van der Waals surface area contributed by atoms with Crippen LogP contribution < -0.4 is 15.8 Å². The van der Waals surface area contributed by atoms with Gasteiger partial charge in [0, 0.05) is 37.6 Å². The van der Waals surface area contributed by atoms with Crippen LogP contribution in [0.4, 0.5) is 17.5 Å². The minimum Gasteiger partial charge on any atom is -0.378 e. The topological polar surface area (TPSA) is 71.8 Å². The van der Waals surface area contributed by atoms with E-state index in [4.69, 9.17) is 9.72 Å². The highest BCUT2D eigenvalue weighted by Gasteiger charge is 2.22. The van der Waals surface area contributed by atoms with Crippen LogP contribution in [0, 0.1) is 0 Å². The van der Waals surface area contributed by atoms with E-state index in [-0.39, 0.29) is 5.56 Å². The average molecular weight is 418 g/mol. The lowest BCUT2D eigenvalue weighted by atomic mass is 10.1. The fourth-order valence-corrected chi connectivity index (χ4v) is 3.45. The van der Waals surface area contributed by atoms with Gasteiger partial charge >= 0.3 is 0 Å². The lowest BCUT2D eigenvalue weighted by Crippen LogP contribution is -2.40. The number of hydrogen-bond acceptors (Lipinski definition) is 6. The van der Waals surface area contributed by atoms with Crippen LogP contribution in [-0.2, 0) is 11.8 Å². The highest BCUT2D eigenvalue weighted by molar-refractivity contribution is 9.10. The Morgan fingerprint density at radius 2 is 1.92 bits per heavy atom. The number of hydrogen-bond donors (Lipinski definition) is 1. The van der Waals surface area contributed by atoms with Crippen LogP contribution in [-0.4, -0.2) is 48.1 Å². The second-order valence-corrected chi connectivity index (χ2v) is 7.23. The average Bonchev–Trinajstić information content (AvgIpc) is 2.89. The van der Waals surface area contributed by atoms with E-state index in [9.17, 15) is 4.79 Å². The highest BCUT2D eigenvalue weighted by Crippen LogP contribution is 2.26. The number of anilines is 2. The second-order valence-electron chi connectivity index (χ2n) is 6.31. The first-order valence-electron chi connectivity index (χ1n) is 8.64. The maximum atomic E-state index is 13.0. The summed E-state index contributed by atoms with van der Waals surface area (Å²) in [5, 5.41) is 3.28. The predicted molar refractivity (Wildman–Crippen MR) is 106 cm³/mol. The van der Waals surface area contributed by atoms with Gasteiger partial charge in [0.1, 0.15) is 0 Å². The number of nitrogens with zero attached hydrogens (tertiary/aromatic N) is 4. The van der Waals surface area contributed by atoms with E-state index in [1.165, 1.54) is 0 Å². The van der Waals surface area contributed by atoms with Gasteiger partial charge in [0.25, 0.3) is 5.56 Å². The smallest absolute Gasteiger partial charge is 0.282 e. The van der Waals surface area contributed by atoms with Gasteiger partial charge in [0.05, 0.1) is 18.9 Å². The molecule has 2 aromatic rings. The number of halogens is 1. The van der Waals surface area contributed by atoms with E-state index in [1.54, 1.807) is 11.6 Å². The highest BCUT2D eigenvalue weighted by atomic mass is 79.9. The van der Waals surface area contributed by atoms with Gasteiger partial charge in [-0.25, -0.2) is 4.99 Å². The summed E-state index contributed by atoms with van der Waals surface area (Å²) in [6, 6.07) is 7.98. The summed E-state index contributed by atoms with van der Waals surface area (Å²) in [6.45, 7) is 3.43. The SMILES string of the molecule is Cn1c(N2CCOCC2)nc2c(c1=O)N=C(c1ccc(Br)cc1)CCN2. The van der Waals surface area contributed by atoms with Crippen molar-refractivity contribution in [1.29, 1.82) is 0 Å². The zero-order valence-electron chi connectivity index (χ0n) is 14.5. The van der Waals surface area contributed by atoms with Crippen molar-refractivity contribution in [2.75, 3.05) is 43.1 Å². The van der Waals surface area contributed by atoms with E-state index < -0.39 is 0 Å². The molecule has 3 heterocycles. The first-order valence-corrected chi connectivity index (χ1v) is 9.44. The Morgan fingerprint density at radius 1 is 1.19 bits per heavy atom. The van der Waals surface area contributed by atoms with Crippen LogP contribution in [0.25, 0.3) is 0 Å². The molecule has 1 saturated heterocycles. The second kappa shape index (κ2) is 7.20. The minimum absolute atomic E-state index is 0.138. The van der Waals surface area contributed by atoms with E-state index in [1.807, 2.05) is 24.3 Å². The normalized spacial score (nSPS) is 17.2. The van der Waals surface area contributed by atoms with E-state index in [0.717, 1.165) is 35.3 Å². The van der Waals surface area contributed by atoms with Crippen molar-refractivity contribution in [2.45, 2.75) is 6.42 Å². The largest absolute Gasteiger partial charge is 0.378 e. The summed E-state index contributed by atoms with van der Waals surface area (Å²) in [6.07, 6.45) is 0.730. The number of benzene rings is 1. The molecule has 8 heteroatoms. The number of aromatic nitrogens is 2. The fourth-order valence-electron chi connectivity index (χ4n) is 3.19. The van der Waals surface area contributed by atoms with Gasteiger partial charge in [-0.2, -0.15) is 4.98 Å². The van der Waals surface area contributed by atoms with Crippen molar-refractivity contribution < 1.29 is 4.74 Å². The Hall–Kier alpha value is -2.19. The van der Waals surface area contributed by atoms with Gasteiger partial charge < -0.3 is 15.0 Å². The monoisotopic (exact) mass is 417 g/mol. The molecule has 0 radical (unpaired) electrons. The van der Waals surface area contributed by atoms with Crippen LogP contribution >= 0.6 is 15.9 Å². The quantitative estimate of drug-likeness (QED) is 0.811. The number of rotatable bonds is 2. The van der Waals surface area contributed by atoms with Gasteiger partial charge in [-0.15, -0.1) is 0 Å². The van der Waals surface area contributed by atoms with Crippen LogP contribution in [0.2, 0.25) is 0 Å². The minimum atomic E-state index is -0.138. The Labute approximate surface area is 159 Å². The summed E-state index contributed by atoms with van der Waals surface area (Å²) >= 11 is 3.45. The summed E-state index contributed by atoms with van der Waals surface area (Å²) < 4.78 is 8.00. The van der Waals surface area contributed by atoms with Gasteiger partial charge in [-0.1, -0.05) is 28.1 Å². The third kappa shape index (κ3) is 3.26. The standard InChI is InChI=1S/C18H20BrN5O2/c1-23-17(25)15-16(22-18(23)24-8-10-26-11-9-24)20-7-6-14(21-15)12-2-4-13(19)5-3-12/h2-5,20H,6-11H2,1H3. The molecule has 2 aliphatic rings. The third-order valence-electron chi connectivity index (χ3n) is 4.62. The first kappa shape index (κ1) is 17.2. The Bertz CT molecular complexity index is 901. The molecule has 0 atom stereocenters. The van der Waals surface area contributed by atoms with Crippen molar-refractivity contribution in [1.82, 2.24) is 9.55 Å². The maximum absolute atomic E-state index is 13.0. The molecule has 0 aliphatic carbocycles. The molecule has 2 aliphatic heterocycles. The van der Waals surface area contributed by atoms with Gasteiger partial charge in [-0.3, -0.25) is 9.36 Å². The molecule has 26 heavy (non-hydrogen) atoms. The van der Waals surface area contributed by atoms with Crippen LogP contribution in [0.5, 0.6) is 0 Å². The molecule has 0 amide bonds. The van der Waals surface area contributed by atoms with E-state index in [0.29, 0.717) is 37.2 Å². The van der Waals surface area contributed by atoms with Crippen molar-refractivity contribution in [2.24, 2.45) is 12.0 Å². The molecule has 1 N–H and O–H groups in total. The number of aliphatic imine (C=N–C) groups is 1. The molecule has 4 rings (SSSR count). The van der Waals surface area contributed by atoms with Crippen molar-refractivity contribution in [3.05, 3.63) is 44.7 Å². The molecular formula is C18H20BrN5O2. The van der Waals surface area contributed by atoms with Gasteiger partial charge in [-0.05, 0) is 17.7 Å². The van der Waals surface area contributed by atoms with Crippen molar-refractivity contribution in [3.63, 3.8) is 0 Å². The number of ether oxygens (including phenoxy) is 1. The summed E-state index contributed by atoms with van der Waals surface area (Å²) in [4.78, 5) is 24.4. The van der Waals surface area contributed by atoms with Crippen molar-refractivity contribution >= 4 is 39.1 Å². The predicted octanol–water partition coefficient (Wildman–Crippen LogP) is 2.32. The zero-order valence-corrected chi connectivity index (χ0v) is 16.1. The number of fused-ring (bicyclic) bond motifs is 1. The number of morpholine rings is 1. The molecule has 0 saturated carbocycles. The molecule has 136 valence electrons. The van der Waals surface area contributed by atoms with Crippen LogP contribution in [0.3, 0.4) is 0 Å². The summed E-state index contributed by atoms with van der Waals surface area (Å²) in [7, 11) is 1.75. The first-order chi connectivity index (χ1) is 12.6.